The van der Waals surface area contributed by atoms with E-state index in [1.54, 1.807) is 7.11 Å². The number of hydrogen-bond acceptors (Lipinski definition) is 4. The van der Waals surface area contributed by atoms with Gasteiger partial charge in [-0.25, -0.2) is 0 Å². The van der Waals surface area contributed by atoms with Crippen LogP contribution in [0, 0.1) is 0 Å². The topological polar surface area (TPSA) is 43.6 Å². The Morgan fingerprint density at radius 3 is 2.89 bits per heavy atom. The van der Waals surface area contributed by atoms with E-state index in [0.717, 1.165) is 23.1 Å². The summed E-state index contributed by atoms with van der Waals surface area (Å²) in [4.78, 5) is 0. The van der Waals surface area contributed by atoms with E-state index in [1.807, 2.05) is 24.3 Å². The lowest BCUT2D eigenvalue weighted by atomic mass is 10.2. The lowest BCUT2D eigenvalue weighted by Crippen LogP contribution is -2.20. The van der Waals surface area contributed by atoms with Crippen LogP contribution < -0.4 is 5.32 Å². The van der Waals surface area contributed by atoms with Gasteiger partial charge in [-0.2, -0.15) is 0 Å². The molecule has 104 valence electrons. The Morgan fingerprint density at radius 2 is 2.05 bits per heavy atom. The molecule has 0 atom stereocenters. The van der Waals surface area contributed by atoms with Crippen LogP contribution in [0.15, 0.2) is 28.7 Å². The first kappa shape index (κ1) is 14.3. The van der Waals surface area contributed by atoms with Gasteiger partial charge in [-0.1, -0.05) is 18.2 Å². The van der Waals surface area contributed by atoms with Gasteiger partial charge in [-0.3, -0.25) is 0 Å². The second-order valence-electron chi connectivity index (χ2n) is 4.13. The molecule has 0 saturated heterocycles. The number of para-hydroxylation sites is 1. The van der Waals surface area contributed by atoms with Crippen LogP contribution in [0.4, 0.5) is 0 Å². The third kappa shape index (κ3) is 3.94. The van der Waals surface area contributed by atoms with Crippen molar-refractivity contribution >= 4 is 22.6 Å². The molecule has 2 aromatic rings. The van der Waals surface area contributed by atoms with Crippen LogP contribution in [0.2, 0.25) is 5.22 Å². The first-order valence-electron chi connectivity index (χ1n) is 6.26. The lowest BCUT2D eigenvalue weighted by molar-refractivity contribution is 0.0719. The summed E-state index contributed by atoms with van der Waals surface area (Å²) in [5, 5.41) is 4.80. The zero-order valence-corrected chi connectivity index (χ0v) is 11.7. The molecule has 0 unspecified atom stereocenters. The Morgan fingerprint density at radius 1 is 1.21 bits per heavy atom. The van der Waals surface area contributed by atoms with Gasteiger partial charge in [0.2, 0.25) is 0 Å². The molecule has 0 amide bonds. The minimum Gasteiger partial charge on any atom is -0.444 e. The second-order valence-corrected chi connectivity index (χ2v) is 4.48. The van der Waals surface area contributed by atoms with Crippen molar-refractivity contribution in [2.45, 2.75) is 6.54 Å². The molecule has 0 radical (unpaired) electrons. The Labute approximate surface area is 117 Å². The maximum absolute atomic E-state index is 6.09. The summed E-state index contributed by atoms with van der Waals surface area (Å²) in [7, 11) is 1.66. The molecule has 1 N–H and O–H groups in total. The highest BCUT2D eigenvalue weighted by Crippen LogP contribution is 2.29. The summed E-state index contributed by atoms with van der Waals surface area (Å²) in [5.41, 5.74) is 1.81. The normalized spacial score (nSPS) is 11.3. The predicted octanol–water partition coefficient (Wildman–Crippen LogP) is 2.84. The summed E-state index contributed by atoms with van der Waals surface area (Å²) in [6.45, 7) is 3.32. The fraction of sp³-hybridized carbons (Fsp3) is 0.429. The number of nitrogens with one attached hydrogen (secondary N) is 1. The first-order chi connectivity index (χ1) is 9.33. The van der Waals surface area contributed by atoms with Gasteiger partial charge in [0.05, 0.1) is 19.8 Å². The molecule has 0 fully saturated rings. The van der Waals surface area contributed by atoms with Crippen LogP contribution in [-0.2, 0) is 16.0 Å². The number of methoxy groups -OCH3 is 1. The smallest absolute Gasteiger partial charge is 0.199 e. The van der Waals surface area contributed by atoms with E-state index in [9.17, 15) is 0 Å². The number of fused-ring (bicyclic) bond motifs is 1. The molecule has 1 aromatic carbocycles. The van der Waals surface area contributed by atoms with Crippen molar-refractivity contribution in [1.29, 1.82) is 0 Å². The standard InChI is InChI=1S/C14H18ClNO3/c1-17-8-9-18-7-6-16-10-12-11-4-2-3-5-13(11)19-14(12)15/h2-5,16H,6-10H2,1H3. The van der Waals surface area contributed by atoms with E-state index in [2.05, 4.69) is 5.32 Å². The Kier molecular flexibility index (Phi) is 5.66. The molecule has 2 rings (SSSR count). The number of ether oxygens (including phenoxy) is 2. The van der Waals surface area contributed by atoms with Crippen molar-refractivity contribution in [1.82, 2.24) is 5.32 Å². The zero-order chi connectivity index (χ0) is 13.5. The largest absolute Gasteiger partial charge is 0.444 e. The Bertz CT molecular complexity index is 512. The average Bonchev–Trinajstić information content (AvgIpc) is 2.74. The minimum atomic E-state index is 0.453. The highest BCUT2D eigenvalue weighted by molar-refractivity contribution is 6.30. The molecule has 1 aromatic heterocycles. The number of furan rings is 1. The van der Waals surface area contributed by atoms with E-state index >= 15 is 0 Å². The van der Waals surface area contributed by atoms with Gasteiger partial charge in [0, 0.05) is 31.1 Å². The van der Waals surface area contributed by atoms with Crippen LogP contribution in [0.1, 0.15) is 5.56 Å². The molecule has 0 saturated carbocycles. The molecular formula is C14H18ClNO3. The molecule has 0 aliphatic heterocycles. The van der Waals surface area contributed by atoms with Crippen molar-refractivity contribution in [3.63, 3.8) is 0 Å². The van der Waals surface area contributed by atoms with Gasteiger partial charge in [0.1, 0.15) is 5.58 Å². The van der Waals surface area contributed by atoms with E-state index in [1.165, 1.54) is 0 Å². The van der Waals surface area contributed by atoms with Crippen LogP contribution in [0.5, 0.6) is 0 Å². The molecule has 19 heavy (non-hydrogen) atoms. The number of benzene rings is 1. The van der Waals surface area contributed by atoms with Crippen LogP contribution >= 0.6 is 11.6 Å². The zero-order valence-electron chi connectivity index (χ0n) is 10.9. The van der Waals surface area contributed by atoms with Crippen molar-refractivity contribution in [3.05, 3.63) is 35.0 Å². The average molecular weight is 284 g/mol. The molecule has 1 heterocycles. The molecule has 5 heteroatoms. The maximum Gasteiger partial charge on any atom is 0.199 e. The van der Waals surface area contributed by atoms with Gasteiger partial charge in [-0.05, 0) is 17.7 Å². The van der Waals surface area contributed by atoms with Crippen molar-refractivity contribution < 1.29 is 13.9 Å². The highest BCUT2D eigenvalue weighted by atomic mass is 35.5. The second kappa shape index (κ2) is 7.50. The number of halogens is 1. The van der Waals surface area contributed by atoms with Crippen molar-refractivity contribution in [3.8, 4) is 0 Å². The van der Waals surface area contributed by atoms with Gasteiger partial charge < -0.3 is 19.2 Å². The van der Waals surface area contributed by atoms with E-state index in [4.69, 9.17) is 25.5 Å². The predicted molar refractivity (Wildman–Crippen MR) is 75.6 cm³/mol. The molecule has 0 aliphatic carbocycles. The maximum atomic E-state index is 6.09. The monoisotopic (exact) mass is 283 g/mol. The Balaban J connectivity index is 1.80. The minimum absolute atomic E-state index is 0.453. The van der Waals surface area contributed by atoms with Gasteiger partial charge in [0.15, 0.2) is 5.22 Å². The molecule has 0 bridgehead atoms. The fourth-order valence-corrected chi connectivity index (χ4v) is 2.09. The number of hydrogen-bond donors (Lipinski definition) is 1. The molecule has 0 spiro atoms. The SMILES string of the molecule is COCCOCCNCc1c(Cl)oc2ccccc12. The summed E-state index contributed by atoms with van der Waals surface area (Å²) < 4.78 is 15.8. The quantitative estimate of drug-likeness (QED) is 0.757. The van der Waals surface area contributed by atoms with Gasteiger partial charge in [0.25, 0.3) is 0 Å². The molecule has 0 aliphatic rings. The highest BCUT2D eigenvalue weighted by Gasteiger charge is 2.10. The van der Waals surface area contributed by atoms with Crippen molar-refractivity contribution in [2.75, 3.05) is 33.5 Å². The summed E-state index contributed by atoms with van der Waals surface area (Å²) in [6, 6.07) is 7.84. The van der Waals surface area contributed by atoms with Gasteiger partial charge >= 0.3 is 0 Å². The fourth-order valence-electron chi connectivity index (χ4n) is 1.84. The van der Waals surface area contributed by atoms with Gasteiger partial charge in [-0.15, -0.1) is 0 Å². The molecule has 4 nitrogen and oxygen atoms in total. The Hall–Kier alpha value is -1.07. The van der Waals surface area contributed by atoms with Crippen LogP contribution in [0.3, 0.4) is 0 Å². The number of rotatable bonds is 8. The molecular weight excluding hydrogens is 266 g/mol. The lowest BCUT2D eigenvalue weighted by Gasteiger charge is -2.05. The van der Waals surface area contributed by atoms with E-state index in [0.29, 0.717) is 31.6 Å². The third-order valence-electron chi connectivity index (χ3n) is 2.81. The first-order valence-corrected chi connectivity index (χ1v) is 6.64. The third-order valence-corrected chi connectivity index (χ3v) is 3.11. The van der Waals surface area contributed by atoms with Crippen LogP contribution in [0.25, 0.3) is 11.0 Å². The van der Waals surface area contributed by atoms with E-state index < -0.39 is 0 Å². The summed E-state index contributed by atoms with van der Waals surface area (Å²) in [5.74, 6) is 0. The van der Waals surface area contributed by atoms with E-state index in [-0.39, 0.29) is 0 Å². The van der Waals surface area contributed by atoms with Crippen molar-refractivity contribution in [2.24, 2.45) is 0 Å². The van der Waals surface area contributed by atoms with Crippen LogP contribution in [-0.4, -0.2) is 33.5 Å². The summed E-state index contributed by atoms with van der Waals surface area (Å²) >= 11 is 6.09. The summed E-state index contributed by atoms with van der Waals surface area (Å²) in [6.07, 6.45) is 0.